The second-order valence-electron chi connectivity index (χ2n) is 5.77. The van der Waals surface area contributed by atoms with Crippen molar-refractivity contribution in [1.82, 2.24) is 15.1 Å². The Morgan fingerprint density at radius 1 is 1.32 bits per heavy atom. The van der Waals surface area contributed by atoms with Gasteiger partial charge in [0, 0.05) is 24.0 Å². The van der Waals surface area contributed by atoms with E-state index < -0.39 is 0 Å². The molecule has 5 heteroatoms. The number of nitrogens with one attached hydrogen (secondary N) is 1. The first-order valence-electron chi connectivity index (χ1n) is 7.51. The van der Waals surface area contributed by atoms with Crippen LogP contribution in [0.25, 0.3) is 11.1 Å². The summed E-state index contributed by atoms with van der Waals surface area (Å²) in [4.78, 5) is 9.73. The van der Waals surface area contributed by atoms with E-state index in [1.165, 1.54) is 16.8 Å². The molecule has 0 spiro atoms. The number of imidazole rings is 1. The van der Waals surface area contributed by atoms with Crippen LogP contribution in [-0.4, -0.2) is 21.7 Å². The van der Waals surface area contributed by atoms with E-state index in [0.29, 0.717) is 0 Å². The third-order valence-electron chi connectivity index (χ3n) is 4.31. The summed E-state index contributed by atoms with van der Waals surface area (Å²) < 4.78 is 5.30. The molecule has 4 rings (SSSR count). The topological polar surface area (TPSA) is 58.0 Å². The van der Waals surface area contributed by atoms with Crippen LogP contribution in [0.1, 0.15) is 22.7 Å². The minimum absolute atomic E-state index is 0.835. The van der Waals surface area contributed by atoms with Crippen LogP contribution in [0.5, 0.6) is 0 Å². The van der Waals surface area contributed by atoms with E-state index in [2.05, 4.69) is 38.2 Å². The average molecular weight is 294 g/mol. The van der Waals surface area contributed by atoms with Gasteiger partial charge in [-0.2, -0.15) is 0 Å². The molecule has 1 aliphatic heterocycles. The van der Waals surface area contributed by atoms with Gasteiger partial charge in [0.1, 0.15) is 5.76 Å². The Morgan fingerprint density at radius 2 is 2.23 bits per heavy atom. The Balaban J connectivity index is 1.71. The first kappa shape index (κ1) is 13.1. The summed E-state index contributed by atoms with van der Waals surface area (Å²) in [5, 5.41) is 4.06. The molecule has 112 valence electrons. The molecule has 0 saturated heterocycles. The molecule has 0 amide bonds. The molecule has 0 bridgehead atoms. The molecule has 0 radical (unpaired) electrons. The van der Waals surface area contributed by atoms with Crippen LogP contribution in [0.4, 0.5) is 5.69 Å². The van der Waals surface area contributed by atoms with Gasteiger partial charge in [0.2, 0.25) is 0 Å². The SMILES string of the molecule is Cc1noc(C)c1-c1ccc2c(c1)N(Cc1c[nH]cn1)CC2. The Bertz CT molecular complexity index is 785. The number of aryl methyl sites for hydroxylation is 2. The van der Waals surface area contributed by atoms with E-state index in [9.17, 15) is 0 Å². The van der Waals surface area contributed by atoms with Gasteiger partial charge in [0.15, 0.2) is 0 Å². The van der Waals surface area contributed by atoms with Crippen molar-refractivity contribution in [3.8, 4) is 11.1 Å². The van der Waals surface area contributed by atoms with Gasteiger partial charge in [0.05, 0.1) is 24.3 Å². The van der Waals surface area contributed by atoms with Crippen LogP contribution in [0.15, 0.2) is 35.2 Å². The van der Waals surface area contributed by atoms with Crippen LogP contribution < -0.4 is 4.90 Å². The number of hydrogen-bond acceptors (Lipinski definition) is 4. The molecule has 1 aromatic carbocycles. The van der Waals surface area contributed by atoms with Crippen molar-refractivity contribution in [2.45, 2.75) is 26.8 Å². The zero-order chi connectivity index (χ0) is 15.1. The molecule has 0 atom stereocenters. The van der Waals surface area contributed by atoms with Crippen molar-refractivity contribution in [2.24, 2.45) is 0 Å². The van der Waals surface area contributed by atoms with Gasteiger partial charge >= 0.3 is 0 Å². The molecule has 0 unspecified atom stereocenters. The highest BCUT2D eigenvalue weighted by atomic mass is 16.5. The molecule has 5 nitrogen and oxygen atoms in total. The van der Waals surface area contributed by atoms with Crippen molar-refractivity contribution in [3.05, 3.63) is 53.4 Å². The zero-order valence-electron chi connectivity index (χ0n) is 12.8. The number of aromatic amines is 1. The molecule has 0 fully saturated rings. The van der Waals surface area contributed by atoms with Gasteiger partial charge in [-0.3, -0.25) is 0 Å². The minimum Gasteiger partial charge on any atom is -0.365 e. The summed E-state index contributed by atoms with van der Waals surface area (Å²) in [6, 6.07) is 6.64. The minimum atomic E-state index is 0.835. The highest BCUT2D eigenvalue weighted by Gasteiger charge is 2.21. The normalized spacial score (nSPS) is 13.6. The molecule has 0 aliphatic carbocycles. The van der Waals surface area contributed by atoms with Crippen LogP contribution in [0.2, 0.25) is 0 Å². The summed E-state index contributed by atoms with van der Waals surface area (Å²) in [6.07, 6.45) is 4.77. The monoisotopic (exact) mass is 294 g/mol. The second-order valence-corrected chi connectivity index (χ2v) is 5.77. The van der Waals surface area contributed by atoms with Crippen LogP contribution in [0, 0.1) is 13.8 Å². The predicted octanol–water partition coefficient (Wildman–Crippen LogP) is 3.24. The van der Waals surface area contributed by atoms with E-state index in [0.717, 1.165) is 42.2 Å². The number of anilines is 1. The number of hydrogen-bond donors (Lipinski definition) is 1. The van der Waals surface area contributed by atoms with E-state index in [-0.39, 0.29) is 0 Å². The van der Waals surface area contributed by atoms with E-state index in [1.807, 2.05) is 20.0 Å². The smallest absolute Gasteiger partial charge is 0.141 e. The fourth-order valence-electron chi connectivity index (χ4n) is 3.23. The van der Waals surface area contributed by atoms with E-state index >= 15 is 0 Å². The summed E-state index contributed by atoms with van der Waals surface area (Å²) in [5.41, 5.74) is 6.97. The summed E-state index contributed by atoms with van der Waals surface area (Å²) >= 11 is 0. The number of rotatable bonds is 3. The van der Waals surface area contributed by atoms with Gasteiger partial charge in [-0.15, -0.1) is 0 Å². The maximum atomic E-state index is 5.30. The summed E-state index contributed by atoms with van der Waals surface area (Å²) in [7, 11) is 0. The highest BCUT2D eigenvalue weighted by Crippen LogP contribution is 2.35. The van der Waals surface area contributed by atoms with E-state index in [4.69, 9.17) is 4.52 Å². The lowest BCUT2D eigenvalue weighted by Gasteiger charge is -2.18. The average Bonchev–Trinajstić information content (AvgIpc) is 3.22. The van der Waals surface area contributed by atoms with Gasteiger partial charge in [-0.1, -0.05) is 17.3 Å². The Kier molecular flexibility index (Phi) is 2.99. The first-order chi connectivity index (χ1) is 10.7. The number of aromatic nitrogens is 3. The zero-order valence-corrected chi connectivity index (χ0v) is 12.8. The fourth-order valence-corrected chi connectivity index (χ4v) is 3.23. The van der Waals surface area contributed by atoms with Crippen LogP contribution in [-0.2, 0) is 13.0 Å². The Hall–Kier alpha value is -2.56. The summed E-state index contributed by atoms with van der Waals surface area (Å²) in [5.74, 6) is 0.870. The van der Waals surface area contributed by atoms with E-state index in [1.54, 1.807) is 6.33 Å². The van der Waals surface area contributed by atoms with Crippen molar-refractivity contribution >= 4 is 5.69 Å². The highest BCUT2D eigenvalue weighted by molar-refractivity contribution is 5.74. The largest absolute Gasteiger partial charge is 0.365 e. The molecule has 1 aliphatic rings. The quantitative estimate of drug-likeness (QED) is 0.805. The van der Waals surface area contributed by atoms with Gasteiger partial charge in [-0.05, 0) is 37.5 Å². The number of benzene rings is 1. The van der Waals surface area contributed by atoms with Crippen LogP contribution in [0.3, 0.4) is 0 Å². The lowest BCUT2D eigenvalue weighted by molar-refractivity contribution is 0.393. The number of fused-ring (bicyclic) bond motifs is 1. The van der Waals surface area contributed by atoms with Crippen molar-refractivity contribution < 1.29 is 4.52 Å². The maximum absolute atomic E-state index is 5.30. The van der Waals surface area contributed by atoms with Gasteiger partial charge in [0.25, 0.3) is 0 Å². The Morgan fingerprint density at radius 3 is 2.95 bits per heavy atom. The first-order valence-corrected chi connectivity index (χ1v) is 7.51. The molecule has 3 aromatic rings. The van der Waals surface area contributed by atoms with Gasteiger partial charge < -0.3 is 14.4 Å². The van der Waals surface area contributed by atoms with Crippen LogP contribution >= 0.6 is 0 Å². The lowest BCUT2D eigenvalue weighted by atomic mass is 10.0. The standard InChI is InChI=1S/C17H18N4O/c1-11-17(12(2)22-20-11)14-4-3-13-5-6-21(16(13)7-14)9-15-8-18-10-19-15/h3-4,7-8,10H,5-6,9H2,1-2H3,(H,18,19). The molecule has 0 saturated carbocycles. The molecular formula is C17H18N4O. The third-order valence-corrected chi connectivity index (χ3v) is 4.31. The van der Waals surface area contributed by atoms with Crippen molar-refractivity contribution in [3.63, 3.8) is 0 Å². The van der Waals surface area contributed by atoms with Crippen molar-refractivity contribution in [2.75, 3.05) is 11.4 Å². The third kappa shape index (κ3) is 2.09. The molecule has 2 aromatic heterocycles. The Labute approximate surface area is 129 Å². The molecule has 22 heavy (non-hydrogen) atoms. The predicted molar refractivity (Wildman–Crippen MR) is 84.8 cm³/mol. The molecule has 1 N–H and O–H groups in total. The van der Waals surface area contributed by atoms with Crippen molar-refractivity contribution in [1.29, 1.82) is 0 Å². The fraction of sp³-hybridized carbons (Fsp3) is 0.294. The second kappa shape index (κ2) is 5.02. The summed E-state index contributed by atoms with van der Waals surface area (Å²) in [6.45, 7) is 5.82. The molecular weight excluding hydrogens is 276 g/mol. The number of nitrogens with zero attached hydrogens (tertiary/aromatic N) is 3. The lowest BCUT2D eigenvalue weighted by Crippen LogP contribution is -2.19. The number of H-pyrrole nitrogens is 1. The maximum Gasteiger partial charge on any atom is 0.141 e. The van der Waals surface area contributed by atoms with Gasteiger partial charge in [-0.25, -0.2) is 4.98 Å². The molecule has 3 heterocycles.